The van der Waals surface area contributed by atoms with Gasteiger partial charge in [0.05, 0.1) is 6.61 Å². The minimum atomic E-state index is -0.325. The summed E-state index contributed by atoms with van der Waals surface area (Å²) in [4.78, 5) is 23.4. The smallest absolute Gasteiger partial charge is 0.251 e. The molecule has 0 aliphatic carbocycles. The highest BCUT2D eigenvalue weighted by atomic mass is 16.3. The molecule has 0 bridgehead atoms. The number of nitrogens with one attached hydrogen (secondary N) is 1. The number of aromatic nitrogens is 1. The van der Waals surface area contributed by atoms with Gasteiger partial charge in [0.1, 0.15) is 6.54 Å². The second-order valence-corrected chi connectivity index (χ2v) is 4.33. The van der Waals surface area contributed by atoms with E-state index in [1.54, 1.807) is 24.3 Å². The van der Waals surface area contributed by atoms with E-state index in [0.717, 1.165) is 5.56 Å². The highest BCUT2D eigenvalue weighted by Gasteiger charge is 2.05. The van der Waals surface area contributed by atoms with Gasteiger partial charge in [-0.2, -0.15) is 0 Å². The van der Waals surface area contributed by atoms with E-state index >= 15 is 0 Å². The van der Waals surface area contributed by atoms with Gasteiger partial charge < -0.3 is 20.7 Å². The Hall–Kier alpha value is -2.60. The van der Waals surface area contributed by atoms with Crippen molar-refractivity contribution in [1.82, 2.24) is 4.57 Å². The molecule has 104 valence electrons. The van der Waals surface area contributed by atoms with Gasteiger partial charge in [-0.3, -0.25) is 9.59 Å². The number of hydrogen-bond donors (Lipinski definition) is 3. The van der Waals surface area contributed by atoms with Crippen molar-refractivity contribution in [2.75, 3.05) is 11.1 Å². The van der Waals surface area contributed by atoms with Crippen molar-refractivity contribution in [2.45, 2.75) is 13.2 Å². The van der Waals surface area contributed by atoms with Gasteiger partial charge in [-0.25, -0.2) is 0 Å². The Labute approximate surface area is 115 Å². The van der Waals surface area contributed by atoms with Gasteiger partial charge in [0, 0.05) is 23.6 Å². The summed E-state index contributed by atoms with van der Waals surface area (Å²) in [5, 5.41) is 11.6. The lowest BCUT2D eigenvalue weighted by molar-refractivity contribution is -0.116. The summed E-state index contributed by atoms with van der Waals surface area (Å²) in [6, 6.07) is 9.60. The maximum atomic E-state index is 11.8. The Balaban J connectivity index is 2.04. The molecule has 2 rings (SSSR count). The molecule has 0 saturated heterocycles. The zero-order valence-electron chi connectivity index (χ0n) is 10.7. The zero-order valence-corrected chi connectivity index (χ0v) is 10.7. The number of benzene rings is 1. The number of nitrogens with two attached hydrogens (primary N) is 1. The molecule has 0 saturated carbocycles. The van der Waals surface area contributed by atoms with Crippen LogP contribution >= 0.6 is 0 Å². The number of aliphatic hydroxyl groups excluding tert-OH is 1. The Kier molecular flexibility index (Phi) is 4.17. The monoisotopic (exact) mass is 273 g/mol. The lowest BCUT2D eigenvalue weighted by atomic mass is 10.2. The molecule has 2 aromatic rings. The fourth-order valence-electron chi connectivity index (χ4n) is 1.72. The first-order chi connectivity index (χ1) is 9.58. The van der Waals surface area contributed by atoms with Crippen LogP contribution in [0.2, 0.25) is 0 Å². The van der Waals surface area contributed by atoms with Crippen LogP contribution in [0.5, 0.6) is 0 Å². The number of aliphatic hydroxyl groups is 1. The predicted molar refractivity (Wildman–Crippen MR) is 76.1 cm³/mol. The molecule has 0 unspecified atom stereocenters. The van der Waals surface area contributed by atoms with Crippen molar-refractivity contribution in [3.05, 3.63) is 58.5 Å². The number of rotatable bonds is 4. The first-order valence-corrected chi connectivity index (χ1v) is 6.04. The molecule has 4 N–H and O–H groups in total. The third kappa shape index (κ3) is 3.46. The maximum absolute atomic E-state index is 11.8. The van der Waals surface area contributed by atoms with Crippen molar-refractivity contribution in [3.63, 3.8) is 0 Å². The minimum absolute atomic E-state index is 0.0487. The van der Waals surface area contributed by atoms with Gasteiger partial charge in [0.15, 0.2) is 0 Å². The van der Waals surface area contributed by atoms with E-state index in [1.165, 1.54) is 22.9 Å². The lowest BCUT2D eigenvalue weighted by Gasteiger charge is -2.08. The van der Waals surface area contributed by atoms with Gasteiger partial charge in [-0.1, -0.05) is 12.1 Å². The lowest BCUT2D eigenvalue weighted by Crippen LogP contribution is -2.27. The van der Waals surface area contributed by atoms with Crippen LogP contribution in [0, 0.1) is 0 Å². The van der Waals surface area contributed by atoms with E-state index in [-0.39, 0.29) is 24.6 Å². The SMILES string of the molecule is Nc1ccc(=O)n(CC(=O)Nc2ccc(CO)cc2)c1. The molecule has 1 heterocycles. The van der Waals surface area contributed by atoms with Gasteiger partial charge in [0.2, 0.25) is 5.91 Å². The summed E-state index contributed by atoms with van der Waals surface area (Å²) < 4.78 is 1.24. The second kappa shape index (κ2) is 6.03. The standard InChI is InChI=1S/C14H15N3O3/c15-11-3-6-14(20)17(7-11)8-13(19)16-12-4-1-10(9-18)2-5-12/h1-7,18H,8-9,15H2,(H,16,19). The predicted octanol–water partition coefficient (Wildman–Crippen LogP) is 0.561. The number of nitrogens with zero attached hydrogens (tertiary/aromatic N) is 1. The van der Waals surface area contributed by atoms with Crippen LogP contribution in [0.3, 0.4) is 0 Å². The second-order valence-electron chi connectivity index (χ2n) is 4.33. The van der Waals surface area contributed by atoms with Crippen molar-refractivity contribution < 1.29 is 9.90 Å². The number of hydrogen-bond acceptors (Lipinski definition) is 4. The Morgan fingerprint density at radius 1 is 1.20 bits per heavy atom. The minimum Gasteiger partial charge on any atom is -0.398 e. The molecule has 1 aromatic heterocycles. The topological polar surface area (TPSA) is 97.4 Å². The van der Waals surface area contributed by atoms with E-state index < -0.39 is 0 Å². The maximum Gasteiger partial charge on any atom is 0.251 e. The van der Waals surface area contributed by atoms with E-state index in [4.69, 9.17) is 10.8 Å². The number of anilines is 2. The third-order valence-electron chi connectivity index (χ3n) is 2.74. The van der Waals surface area contributed by atoms with Crippen LogP contribution in [-0.2, 0) is 17.9 Å². The van der Waals surface area contributed by atoms with Gasteiger partial charge in [0.25, 0.3) is 5.56 Å². The highest BCUT2D eigenvalue weighted by Crippen LogP contribution is 2.09. The fourth-order valence-corrected chi connectivity index (χ4v) is 1.72. The zero-order chi connectivity index (χ0) is 14.5. The van der Waals surface area contributed by atoms with Crippen molar-refractivity contribution in [3.8, 4) is 0 Å². The quantitative estimate of drug-likeness (QED) is 0.758. The largest absolute Gasteiger partial charge is 0.398 e. The first-order valence-electron chi connectivity index (χ1n) is 6.04. The van der Waals surface area contributed by atoms with E-state index in [1.807, 2.05) is 0 Å². The Bertz CT molecular complexity index is 662. The van der Waals surface area contributed by atoms with Crippen LogP contribution in [-0.4, -0.2) is 15.6 Å². The van der Waals surface area contributed by atoms with Crippen LogP contribution in [0.1, 0.15) is 5.56 Å². The third-order valence-corrected chi connectivity index (χ3v) is 2.74. The number of nitrogen functional groups attached to an aromatic ring is 1. The molecular weight excluding hydrogens is 258 g/mol. The van der Waals surface area contributed by atoms with Crippen LogP contribution < -0.4 is 16.6 Å². The summed E-state index contributed by atoms with van der Waals surface area (Å²) in [5.41, 5.74) is 7.07. The number of amides is 1. The number of carbonyl (C=O) groups excluding carboxylic acids is 1. The van der Waals surface area contributed by atoms with E-state index in [9.17, 15) is 9.59 Å². The average Bonchev–Trinajstić information content (AvgIpc) is 2.43. The first kappa shape index (κ1) is 13.8. The van der Waals surface area contributed by atoms with Crippen molar-refractivity contribution >= 4 is 17.3 Å². The molecule has 1 aromatic carbocycles. The Morgan fingerprint density at radius 2 is 1.90 bits per heavy atom. The van der Waals surface area contributed by atoms with E-state index in [0.29, 0.717) is 11.4 Å². The molecule has 0 atom stereocenters. The summed E-state index contributed by atoms with van der Waals surface area (Å²) >= 11 is 0. The highest BCUT2D eigenvalue weighted by molar-refractivity contribution is 5.90. The van der Waals surface area contributed by atoms with Crippen LogP contribution in [0.25, 0.3) is 0 Å². The molecule has 0 spiro atoms. The van der Waals surface area contributed by atoms with Gasteiger partial charge in [-0.15, -0.1) is 0 Å². The number of pyridine rings is 1. The van der Waals surface area contributed by atoms with Crippen LogP contribution in [0.15, 0.2) is 47.4 Å². The molecule has 6 heteroatoms. The molecule has 0 fully saturated rings. The summed E-state index contributed by atoms with van der Waals surface area (Å²) in [7, 11) is 0. The molecule has 1 amide bonds. The summed E-state index contributed by atoms with van der Waals surface area (Å²) in [6.07, 6.45) is 1.43. The average molecular weight is 273 g/mol. The summed E-state index contributed by atoms with van der Waals surface area (Å²) in [5.74, 6) is -0.325. The normalized spacial score (nSPS) is 10.2. The van der Waals surface area contributed by atoms with Crippen molar-refractivity contribution in [1.29, 1.82) is 0 Å². The summed E-state index contributed by atoms with van der Waals surface area (Å²) in [6.45, 7) is -0.154. The van der Waals surface area contributed by atoms with Crippen molar-refractivity contribution in [2.24, 2.45) is 0 Å². The molecule has 20 heavy (non-hydrogen) atoms. The molecule has 0 aliphatic heterocycles. The van der Waals surface area contributed by atoms with Crippen LogP contribution in [0.4, 0.5) is 11.4 Å². The molecular formula is C14H15N3O3. The molecule has 0 radical (unpaired) electrons. The Morgan fingerprint density at radius 3 is 2.55 bits per heavy atom. The van der Waals surface area contributed by atoms with Gasteiger partial charge >= 0.3 is 0 Å². The fraction of sp³-hybridized carbons (Fsp3) is 0.143. The van der Waals surface area contributed by atoms with Gasteiger partial charge in [-0.05, 0) is 23.8 Å². The number of carbonyl (C=O) groups is 1. The molecule has 6 nitrogen and oxygen atoms in total. The van der Waals surface area contributed by atoms with E-state index in [2.05, 4.69) is 5.32 Å². The molecule has 0 aliphatic rings.